The van der Waals surface area contributed by atoms with Gasteiger partial charge in [-0.3, -0.25) is 14.6 Å². The highest BCUT2D eigenvalue weighted by atomic mass is 16.2. The molecule has 2 amide bonds. The van der Waals surface area contributed by atoms with Crippen LogP contribution in [-0.4, -0.2) is 58.3 Å². The number of benzene rings is 1. The molecule has 1 fully saturated rings. The molecule has 1 saturated heterocycles. The maximum Gasteiger partial charge on any atom is 0.242 e. The van der Waals surface area contributed by atoms with Crippen molar-refractivity contribution in [3.8, 4) is 11.1 Å². The lowest BCUT2D eigenvalue weighted by Crippen LogP contribution is -2.52. The maximum atomic E-state index is 13.3. The molecule has 1 aromatic heterocycles. The summed E-state index contributed by atoms with van der Waals surface area (Å²) in [5, 5.41) is 0. The SMILES string of the molecule is CCCN1CCN(C(=O)C(C)(C)N)C[C@@H](Cc2ccccc2-c2cccnc2)C1=O. The number of hydrogen-bond acceptors (Lipinski definition) is 4. The summed E-state index contributed by atoms with van der Waals surface area (Å²) in [6, 6.07) is 12.0. The number of carbonyl (C=O) groups is 2. The third-order valence-corrected chi connectivity index (χ3v) is 5.53. The molecule has 30 heavy (non-hydrogen) atoms. The average Bonchev–Trinajstić information content (AvgIpc) is 2.88. The van der Waals surface area contributed by atoms with E-state index in [1.54, 1.807) is 24.9 Å². The predicted molar refractivity (Wildman–Crippen MR) is 119 cm³/mol. The second kappa shape index (κ2) is 9.39. The van der Waals surface area contributed by atoms with Gasteiger partial charge in [-0.1, -0.05) is 37.3 Å². The molecular weight excluding hydrogens is 376 g/mol. The fraction of sp³-hybridized carbons (Fsp3) is 0.458. The Morgan fingerprint density at radius 3 is 2.63 bits per heavy atom. The molecule has 1 aromatic carbocycles. The standard InChI is InChI=1S/C24H32N4O2/c1-4-12-27-13-14-28(23(30)24(2,3)25)17-20(22(27)29)15-18-8-5-6-10-21(18)19-9-7-11-26-16-19/h5-11,16,20H,4,12-15,17,25H2,1-3H3/t20-/m1/s1. The van der Waals surface area contributed by atoms with Gasteiger partial charge in [-0.25, -0.2) is 0 Å². The number of rotatable bonds is 6. The van der Waals surface area contributed by atoms with E-state index in [9.17, 15) is 9.59 Å². The van der Waals surface area contributed by atoms with Gasteiger partial charge in [-0.2, -0.15) is 0 Å². The lowest BCUT2D eigenvalue weighted by molar-refractivity contribution is -0.137. The van der Waals surface area contributed by atoms with E-state index < -0.39 is 5.54 Å². The molecule has 1 atom stereocenters. The molecule has 2 aromatic rings. The van der Waals surface area contributed by atoms with Gasteiger partial charge in [0.1, 0.15) is 0 Å². The number of nitrogens with two attached hydrogens (primary N) is 1. The van der Waals surface area contributed by atoms with Gasteiger partial charge < -0.3 is 15.5 Å². The van der Waals surface area contributed by atoms with Crippen LogP contribution in [0.4, 0.5) is 0 Å². The van der Waals surface area contributed by atoms with Gasteiger partial charge in [0.25, 0.3) is 0 Å². The molecule has 1 aliphatic rings. The first-order chi connectivity index (χ1) is 14.3. The van der Waals surface area contributed by atoms with Crippen LogP contribution in [0.15, 0.2) is 48.8 Å². The van der Waals surface area contributed by atoms with Crippen LogP contribution in [0.25, 0.3) is 11.1 Å². The van der Waals surface area contributed by atoms with Crippen LogP contribution < -0.4 is 5.73 Å². The van der Waals surface area contributed by atoms with Gasteiger partial charge in [-0.05, 0) is 43.9 Å². The van der Waals surface area contributed by atoms with E-state index >= 15 is 0 Å². The molecule has 3 rings (SSSR count). The van der Waals surface area contributed by atoms with Gasteiger partial charge in [0.05, 0.1) is 11.5 Å². The van der Waals surface area contributed by atoms with Crippen LogP contribution in [0.5, 0.6) is 0 Å². The quantitative estimate of drug-likeness (QED) is 0.797. The number of nitrogens with zero attached hydrogens (tertiary/aromatic N) is 3. The third-order valence-electron chi connectivity index (χ3n) is 5.53. The van der Waals surface area contributed by atoms with E-state index in [2.05, 4.69) is 24.0 Å². The Bertz CT molecular complexity index is 876. The molecule has 6 nitrogen and oxygen atoms in total. The Hall–Kier alpha value is -2.73. The fourth-order valence-electron chi connectivity index (χ4n) is 4.05. The monoisotopic (exact) mass is 408 g/mol. The second-order valence-electron chi connectivity index (χ2n) is 8.60. The van der Waals surface area contributed by atoms with Crippen molar-refractivity contribution in [1.29, 1.82) is 0 Å². The summed E-state index contributed by atoms with van der Waals surface area (Å²) in [5.41, 5.74) is 8.31. The highest BCUT2D eigenvalue weighted by Crippen LogP contribution is 2.27. The van der Waals surface area contributed by atoms with Crippen LogP contribution in [-0.2, 0) is 16.0 Å². The first-order valence-corrected chi connectivity index (χ1v) is 10.7. The fourth-order valence-corrected chi connectivity index (χ4v) is 4.05. The summed E-state index contributed by atoms with van der Waals surface area (Å²) in [5.74, 6) is -0.301. The Morgan fingerprint density at radius 1 is 1.20 bits per heavy atom. The molecule has 2 heterocycles. The van der Waals surface area contributed by atoms with Crippen molar-refractivity contribution < 1.29 is 9.59 Å². The summed E-state index contributed by atoms with van der Waals surface area (Å²) in [6.45, 7) is 7.67. The van der Waals surface area contributed by atoms with Crippen molar-refractivity contribution >= 4 is 11.8 Å². The molecule has 2 N–H and O–H groups in total. The Balaban J connectivity index is 1.92. The Kier molecular flexibility index (Phi) is 6.87. The van der Waals surface area contributed by atoms with Gasteiger partial charge >= 0.3 is 0 Å². The largest absolute Gasteiger partial charge is 0.341 e. The van der Waals surface area contributed by atoms with Crippen molar-refractivity contribution in [1.82, 2.24) is 14.8 Å². The number of hydrogen-bond donors (Lipinski definition) is 1. The van der Waals surface area contributed by atoms with Crippen molar-refractivity contribution in [2.45, 2.75) is 39.2 Å². The predicted octanol–water partition coefficient (Wildman–Crippen LogP) is 2.73. The van der Waals surface area contributed by atoms with Crippen molar-refractivity contribution in [3.63, 3.8) is 0 Å². The molecule has 1 aliphatic heterocycles. The molecule has 0 unspecified atom stereocenters. The third kappa shape index (κ3) is 5.05. The van der Waals surface area contributed by atoms with Crippen LogP contribution in [0, 0.1) is 5.92 Å². The lowest BCUT2D eigenvalue weighted by Gasteiger charge is -2.29. The van der Waals surface area contributed by atoms with E-state index in [-0.39, 0.29) is 17.7 Å². The minimum absolute atomic E-state index is 0.112. The molecular formula is C24H32N4O2. The van der Waals surface area contributed by atoms with E-state index in [1.807, 2.05) is 35.4 Å². The average molecular weight is 409 g/mol. The second-order valence-corrected chi connectivity index (χ2v) is 8.60. The number of aromatic nitrogens is 1. The number of amides is 2. The van der Waals surface area contributed by atoms with Crippen LogP contribution >= 0.6 is 0 Å². The lowest BCUT2D eigenvalue weighted by atomic mass is 9.91. The van der Waals surface area contributed by atoms with Gasteiger partial charge in [-0.15, -0.1) is 0 Å². The molecule has 0 saturated carbocycles. The number of carbonyl (C=O) groups excluding carboxylic acids is 2. The Morgan fingerprint density at radius 2 is 1.97 bits per heavy atom. The summed E-state index contributed by atoms with van der Waals surface area (Å²) < 4.78 is 0. The van der Waals surface area contributed by atoms with E-state index in [0.29, 0.717) is 32.6 Å². The van der Waals surface area contributed by atoms with Crippen molar-refractivity contribution in [2.75, 3.05) is 26.2 Å². The van der Waals surface area contributed by atoms with Crippen LogP contribution in [0.3, 0.4) is 0 Å². The highest BCUT2D eigenvalue weighted by molar-refractivity contribution is 5.87. The zero-order valence-electron chi connectivity index (χ0n) is 18.2. The number of pyridine rings is 1. The topological polar surface area (TPSA) is 79.5 Å². The first-order valence-electron chi connectivity index (χ1n) is 10.7. The van der Waals surface area contributed by atoms with Gasteiger partial charge in [0.15, 0.2) is 0 Å². The summed E-state index contributed by atoms with van der Waals surface area (Å²) in [6.07, 6.45) is 5.05. The zero-order valence-corrected chi connectivity index (χ0v) is 18.2. The molecule has 6 heteroatoms. The molecule has 0 spiro atoms. The van der Waals surface area contributed by atoms with Gasteiger partial charge in [0, 0.05) is 44.1 Å². The minimum Gasteiger partial charge on any atom is -0.341 e. The van der Waals surface area contributed by atoms with E-state index in [1.165, 1.54) is 0 Å². The summed E-state index contributed by atoms with van der Waals surface area (Å²) >= 11 is 0. The van der Waals surface area contributed by atoms with E-state index in [4.69, 9.17) is 5.73 Å². The Labute approximate surface area is 179 Å². The zero-order chi connectivity index (χ0) is 21.7. The van der Waals surface area contributed by atoms with Crippen molar-refractivity contribution in [3.05, 3.63) is 54.4 Å². The summed E-state index contributed by atoms with van der Waals surface area (Å²) in [7, 11) is 0. The normalized spacial score (nSPS) is 17.7. The molecule has 0 bridgehead atoms. The maximum absolute atomic E-state index is 13.3. The van der Waals surface area contributed by atoms with Crippen LogP contribution in [0.1, 0.15) is 32.8 Å². The van der Waals surface area contributed by atoms with Crippen LogP contribution in [0.2, 0.25) is 0 Å². The highest BCUT2D eigenvalue weighted by Gasteiger charge is 2.36. The molecule has 0 aliphatic carbocycles. The van der Waals surface area contributed by atoms with Crippen molar-refractivity contribution in [2.24, 2.45) is 11.7 Å². The van der Waals surface area contributed by atoms with E-state index in [0.717, 1.165) is 23.1 Å². The van der Waals surface area contributed by atoms with Gasteiger partial charge in [0.2, 0.25) is 11.8 Å². The molecule has 160 valence electrons. The summed E-state index contributed by atoms with van der Waals surface area (Å²) in [4.78, 5) is 34.1. The minimum atomic E-state index is -0.957. The molecule has 0 radical (unpaired) electrons. The first kappa shape index (κ1) is 22.0. The smallest absolute Gasteiger partial charge is 0.242 e.